The fourth-order valence-electron chi connectivity index (χ4n) is 4.37. The van der Waals surface area contributed by atoms with E-state index in [9.17, 15) is 13.2 Å². The molecule has 1 saturated heterocycles. The molecule has 5 nitrogen and oxygen atoms in total. The molecule has 8 heteroatoms. The van der Waals surface area contributed by atoms with Crippen molar-refractivity contribution >= 4 is 5.96 Å². The second-order valence-corrected chi connectivity index (χ2v) is 8.25. The molecular formula is C22H33F3N4O. The zero-order chi connectivity index (χ0) is 21.4. The molecule has 30 heavy (non-hydrogen) atoms. The van der Waals surface area contributed by atoms with Crippen LogP contribution in [-0.4, -0.2) is 55.9 Å². The summed E-state index contributed by atoms with van der Waals surface area (Å²) in [5, 5.41) is 6.83. The lowest BCUT2D eigenvalue weighted by Crippen LogP contribution is -2.50. The van der Waals surface area contributed by atoms with Gasteiger partial charge in [-0.3, -0.25) is 4.99 Å². The van der Waals surface area contributed by atoms with Crippen molar-refractivity contribution in [2.75, 3.05) is 26.7 Å². The molecule has 0 unspecified atom stereocenters. The van der Waals surface area contributed by atoms with Crippen molar-refractivity contribution in [2.45, 2.75) is 69.9 Å². The van der Waals surface area contributed by atoms with Crippen molar-refractivity contribution in [3.8, 4) is 0 Å². The first kappa shape index (κ1) is 22.9. The first-order valence-corrected chi connectivity index (χ1v) is 10.9. The molecule has 0 spiro atoms. The normalized spacial score (nSPS) is 19.9. The highest BCUT2D eigenvalue weighted by Crippen LogP contribution is 2.26. The largest absolute Gasteiger partial charge is 0.411 e. The van der Waals surface area contributed by atoms with E-state index in [0.717, 1.165) is 49.1 Å². The highest BCUT2D eigenvalue weighted by Gasteiger charge is 2.28. The van der Waals surface area contributed by atoms with E-state index in [4.69, 9.17) is 4.74 Å². The van der Waals surface area contributed by atoms with Gasteiger partial charge in [0.05, 0.1) is 6.61 Å². The smallest absolute Gasteiger partial charge is 0.367 e. The molecule has 0 radical (unpaired) electrons. The fraction of sp³-hybridized carbons (Fsp3) is 0.682. The highest BCUT2D eigenvalue weighted by atomic mass is 19.4. The maximum Gasteiger partial charge on any atom is 0.411 e. The Kier molecular flexibility index (Phi) is 8.39. The second kappa shape index (κ2) is 11.0. The van der Waals surface area contributed by atoms with Gasteiger partial charge in [0.25, 0.3) is 0 Å². The summed E-state index contributed by atoms with van der Waals surface area (Å²) in [5.41, 5.74) is 1.70. The van der Waals surface area contributed by atoms with E-state index < -0.39 is 12.8 Å². The Morgan fingerprint density at radius 3 is 2.50 bits per heavy atom. The molecule has 2 aliphatic rings. The van der Waals surface area contributed by atoms with Gasteiger partial charge in [-0.1, -0.05) is 37.1 Å². The number of hydrogen-bond donors (Lipinski definition) is 2. The summed E-state index contributed by atoms with van der Waals surface area (Å²) in [5.74, 6) is 0.757. The number of aliphatic imine (C=N–C) groups is 1. The highest BCUT2D eigenvalue weighted by molar-refractivity contribution is 5.79. The maximum absolute atomic E-state index is 12.2. The molecule has 1 aliphatic carbocycles. The lowest BCUT2D eigenvalue weighted by molar-refractivity contribution is -0.176. The van der Waals surface area contributed by atoms with Crippen LogP contribution in [0.2, 0.25) is 0 Å². The average molecular weight is 427 g/mol. The number of benzene rings is 1. The van der Waals surface area contributed by atoms with Crippen LogP contribution in [0.1, 0.15) is 49.7 Å². The molecule has 0 bridgehead atoms. The summed E-state index contributed by atoms with van der Waals surface area (Å²) >= 11 is 0. The van der Waals surface area contributed by atoms with E-state index in [-0.39, 0.29) is 6.61 Å². The summed E-state index contributed by atoms with van der Waals surface area (Å²) in [7, 11) is 1.75. The molecule has 0 atom stereocenters. The number of likely N-dealkylation sites (tertiary alicyclic amines) is 1. The summed E-state index contributed by atoms with van der Waals surface area (Å²) in [6.07, 6.45) is 3.37. The molecule has 0 aromatic heterocycles. The van der Waals surface area contributed by atoms with Gasteiger partial charge in [-0.2, -0.15) is 13.2 Å². The second-order valence-electron chi connectivity index (χ2n) is 8.25. The lowest BCUT2D eigenvalue weighted by Gasteiger charge is -2.36. The summed E-state index contributed by atoms with van der Waals surface area (Å²) in [4.78, 5) is 6.97. The van der Waals surface area contributed by atoms with Gasteiger partial charge in [-0.05, 0) is 36.8 Å². The predicted molar refractivity (Wildman–Crippen MR) is 112 cm³/mol. The van der Waals surface area contributed by atoms with Crippen LogP contribution in [-0.2, 0) is 17.9 Å². The van der Waals surface area contributed by atoms with E-state index in [0.29, 0.717) is 12.6 Å². The number of rotatable bonds is 7. The molecule has 2 fully saturated rings. The fourth-order valence-corrected chi connectivity index (χ4v) is 4.37. The molecule has 1 aromatic rings. The first-order chi connectivity index (χ1) is 14.4. The van der Waals surface area contributed by atoms with Crippen LogP contribution in [0.5, 0.6) is 0 Å². The third kappa shape index (κ3) is 7.47. The molecule has 1 heterocycles. The van der Waals surface area contributed by atoms with Gasteiger partial charge >= 0.3 is 6.18 Å². The Hall–Kier alpha value is -1.80. The van der Waals surface area contributed by atoms with Gasteiger partial charge in [0, 0.05) is 38.8 Å². The zero-order valence-electron chi connectivity index (χ0n) is 17.7. The van der Waals surface area contributed by atoms with E-state index in [1.54, 1.807) is 13.1 Å². The SMILES string of the molecule is CN=C(NCc1cccc(COCC(F)(F)F)c1)NC1CCN(C2CCCC2)CC1. The minimum absolute atomic E-state index is 0.0557. The predicted octanol–water partition coefficient (Wildman–Crippen LogP) is 3.84. The number of alkyl halides is 3. The van der Waals surface area contributed by atoms with Crippen molar-refractivity contribution < 1.29 is 17.9 Å². The Balaban J connectivity index is 1.40. The first-order valence-electron chi connectivity index (χ1n) is 10.9. The average Bonchev–Trinajstić information content (AvgIpc) is 3.26. The maximum atomic E-state index is 12.2. The standard InChI is InChI=1S/C22H33F3N4O/c1-26-21(28-19-9-11-29(12-10-19)20-7-2-3-8-20)27-14-17-5-4-6-18(13-17)15-30-16-22(23,24)25/h4-6,13,19-20H,2-3,7-12,14-16H2,1H3,(H2,26,27,28). The minimum atomic E-state index is -4.30. The molecular weight excluding hydrogens is 393 g/mol. The lowest BCUT2D eigenvalue weighted by atomic mass is 10.0. The van der Waals surface area contributed by atoms with Crippen LogP contribution in [0.25, 0.3) is 0 Å². The number of halogens is 3. The number of nitrogens with one attached hydrogen (secondary N) is 2. The third-order valence-electron chi connectivity index (χ3n) is 5.92. The molecule has 1 aromatic carbocycles. The molecule has 3 rings (SSSR count). The van der Waals surface area contributed by atoms with E-state index in [1.807, 2.05) is 18.2 Å². The number of nitrogens with zero attached hydrogens (tertiary/aromatic N) is 2. The summed E-state index contributed by atoms with van der Waals surface area (Å²) in [6.45, 7) is 1.54. The van der Waals surface area contributed by atoms with Crippen molar-refractivity contribution in [1.29, 1.82) is 0 Å². The third-order valence-corrected chi connectivity index (χ3v) is 5.92. The Labute approximate surface area is 177 Å². The van der Waals surface area contributed by atoms with Crippen LogP contribution in [0.3, 0.4) is 0 Å². The van der Waals surface area contributed by atoms with Crippen LogP contribution >= 0.6 is 0 Å². The Bertz CT molecular complexity index is 681. The number of guanidine groups is 1. The van der Waals surface area contributed by atoms with Crippen LogP contribution in [0.15, 0.2) is 29.3 Å². The number of hydrogen-bond acceptors (Lipinski definition) is 3. The van der Waals surface area contributed by atoms with Gasteiger partial charge < -0.3 is 20.3 Å². The molecule has 168 valence electrons. The van der Waals surface area contributed by atoms with Crippen LogP contribution in [0.4, 0.5) is 13.2 Å². The summed E-state index contributed by atoms with van der Waals surface area (Å²) in [6, 6.07) is 8.60. The van der Waals surface area contributed by atoms with Crippen LogP contribution < -0.4 is 10.6 Å². The van der Waals surface area contributed by atoms with Crippen LogP contribution in [0, 0.1) is 0 Å². The minimum Gasteiger partial charge on any atom is -0.367 e. The summed E-state index contributed by atoms with van der Waals surface area (Å²) < 4.78 is 41.4. The van der Waals surface area contributed by atoms with E-state index >= 15 is 0 Å². The molecule has 1 aliphatic heterocycles. The Morgan fingerprint density at radius 1 is 1.13 bits per heavy atom. The number of piperidine rings is 1. The quantitative estimate of drug-likeness (QED) is 0.514. The van der Waals surface area contributed by atoms with Crippen molar-refractivity contribution in [3.63, 3.8) is 0 Å². The van der Waals surface area contributed by atoms with Gasteiger partial charge in [0.1, 0.15) is 6.61 Å². The zero-order valence-corrected chi connectivity index (χ0v) is 17.7. The molecule has 1 saturated carbocycles. The van der Waals surface area contributed by atoms with Crippen molar-refractivity contribution in [3.05, 3.63) is 35.4 Å². The Morgan fingerprint density at radius 2 is 1.83 bits per heavy atom. The van der Waals surface area contributed by atoms with Gasteiger partial charge in [0.2, 0.25) is 0 Å². The van der Waals surface area contributed by atoms with E-state index in [1.165, 1.54) is 25.7 Å². The van der Waals surface area contributed by atoms with Gasteiger partial charge in [0.15, 0.2) is 5.96 Å². The molecule has 0 amide bonds. The van der Waals surface area contributed by atoms with Gasteiger partial charge in [-0.15, -0.1) is 0 Å². The van der Waals surface area contributed by atoms with Gasteiger partial charge in [-0.25, -0.2) is 0 Å². The van der Waals surface area contributed by atoms with Crippen molar-refractivity contribution in [2.24, 2.45) is 4.99 Å². The van der Waals surface area contributed by atoms with Crippen molar-refractivity contribution in [1.82, 2.24) is 15.5 Å². The number of ether oxygens (including phenoxy) is 1. The van der Waals surface area contributed by atoms with E-state index in [2.05, 4.69) is 20.5 Å². The monoisotopic (exact) mass is 426 g/mol. The topological polar surface area (TPSA) is 48.9 Å². The molecule has 2 N–H and O–H groups in total.